The molecular weight excluding hydrogens is 340 g/mol. The normalized spacial score (nSPS) is 12.2. The molecule has 3 N–H and O–H groups in total. The number of guanidine groups is 1. The summed E-state index contributed by atoms with van der Waals surface area (Å²) in [5.74, 6) is 1.60. The van der Waals surface area contributed by atoms with Gasteiger partial charge in [-0.05, 0) is 29.2 Å². The predicted molar refractivity (Wildman–Crippen MR) is 110 cm³/mol. The van der Waals surface area contributed by atoms with Gasteiger partial charge in [0.05, 0.1) is 12.8 Å². The van der Waals surface area contributed by atoms with Gasteiger partial charge in [0.25, 0.3) is 0 Å². The molecule has 1 atom stereocenters. The first-order valence-corrected chi connectivity index (χ1v) is 8.97. The van der Waals surface area contributed by atoms with Crippen molar-refractivity contribution in [2.75, 3.05) is 26.0 Å². The van der Waals surface area contributed by atoms with E-state index in [-0.39, 0.29) is 5.91 Å². The molecule has 0 aliphatic heterocycles. The van der Waals surface area contributed by atoms with Crippen LogP contribution in [-0.2, 0) is 11.3 Å². The van der Waals surface area contributed by atoms with Gasteiger partial charge in [0, 0.05) is 27.1 Å². The van der Waals surface area contributed by atoms with Crippen molar-refractivity contribution in [3.63, 3.8) is 0 Å². The first-order chi connectivity index (χ1) is 13.0. The summed E-state index contributed by atoms with van der Waals surface area (Å²) >= 11 is 0. The van der Waals surface area contributed by atoms with Crippen molar-refractivity contribution in [1.29, 1.82) is 0 Å². The first kappa shape index (κ1) is 20.3. The second-order valence-corrected chi connectivity index (χ2v) is 6.33. The van der Waals surface area contributed by atoms with Crippen LogP contribution >= 0.6 is 0 Å². The maximum Gasteiger partial charge on any atom is 0.221 e. The molecule has 0 spiro atoms. The molecule has 1 amide bonds. The highest BCUT2D eigenvalue weighted by Gasteiger charge is 2.08. The molecule has 0 fully saturated rings. The number of ether oxygens (including phenoxy) is 1. The molecule has 0 aromatic heterocycles. The number of hydrogen-bond acceptors (Lipinski definition) is 3. The number of nitrogens with one attached hydrogen (secondary N) is 3. The van der Waals surface area contributed by atoms with Crippen LogP contribution < -0.4 is 20.7 Å². The van der Waals surface area contributed by atoms with Crippen molar-refractivity contribution in [1.82, 2.24) is 10.6 Å². The average molecular weight is 368 g/mol. The molecule has 2 aromatic rings. The molecule has 0 heterocycles. The Hall–Kier alpha value is -3.02. The highest BCUT2D eigenvalue weighted by atomic mass is 16.5. The Morgan fingerprint density at radius 1 is 1.15 bits per heavy atom. The van der Waals surface area contributed by atoms with Crippen molar-refractivity contribution < 1.29 is 9.53 Å². The molecule has 6 nitrogen and oxygen atoms in total. The van der Waals surface area contributed by atoms with Gasteiger partial charge in [0.15, 0.2) is 5.96 Å². The third-order valence-electron chi connectivity index (χ3n) is 4.20. The van der Waals surface area contributed by atoms with Crippen molar-refractivity contribution in [2.24, 2.45) is 4.99 Å². The van der Waals surface area contributed by atoms with Gasteiger partial charge in [-0.2, -0.15) is 0 Å². The van der Waals surface area contributed by atoms with Crippen LogP contribution in [0.3, 0.4) is 0 Å². The second-order valence-electron chi connectivity index (χ2n) is 6.33. The Bertz CT molecular complexity index is 775. The Labute approximate surface area is 161 Å². The van der Waals surface area contributed by atoms with Crippen molar-refractivity contribution in [2.45, 2.75) is 26.3 Å². The number of amides is 1. The van der Waals surface area contributed by atoms with E-state index < -0.39 is 0 Å². The molecule has 2 rings (SSSR count). The van der Waals surface area contributed by atoms with Crippen LogP contribution in [0.1, 0.15) is 30.9 Å². The zero-order valence-electron chi connectivity index (χ0n) is 16.4. The number of anilines is 1. The minimum Gasteiger partial charge on any atom is -0.495 e. The molecule has 0 bridgehead atoms. The van der Waals surface area contributed by atoms with Crippen LogP contribution in [0.5, 0.6) is 5.75 Å². The van der Waals surface area contributed by atoms with Crippen LogP contribution in [0.25, 0.3) is 0 Å². The zero-order chi connectivity index (χ0) is 19.6. The molecule has 6 heteroatoms. The minimum atomic E-state index is -0.134. The van der Waals surface area contributed by atoms with Gasteiger partial charge in [0.2, 0.25) is 5.91 Å². The molecule has 0 saturated heterocycles. The van der Waals surface area contributed by atoms with Crippen LogP contribution in [0.4, 0.5) is 5.69 Å². The van der Waals surface area contributed by atoms with Crippen LogP contribution in [-0.4, -0.2) is 32.6 Å². The number of methoxy groups -OCH3 is 1. The molecule has 144 valence electrons. The third kappa shape index (κ3) is 6.33. The van der Waals surface area contributed by atoms with E-state index in [1.54, 1.807) is 14.2 Å². The molecular formula is C21H28N4O2. The Kier molecular flexibility index (Phi) is 7.67. The SMILES string of the molecule is CN=C(NCc1ccc(OC)c(NC(C)=O)c1)NCC(C)c1ccccc1. The number of carbonyl (C=O) groups excluding carboxylic acids is 1. The number of aliphatic imine (C=N–C) groups is 1. The Morgan fingerprint density at radius 2 is 1.89 bits per heavy atom. The summed E-state index contributed by atoms with van der Waals surface area (Å²) in [7, 11) is 3.33. The number of hydrogen-bond donors (Lipinski definition) is 3. The largest absolute Gasteiger partial charge is 0.495 e. The molecule has 0 aliphatic rings. The smallest absolute Gasteiger partial charge is 0.221 e. The quantitative estimate of drug-likeness (QED) is 0.518. The van der Waals surface area contributed by atoms with E-state index in [1.165, 1.54) is 12.5 Å². The first-order valence-electron chi connectivity index (χ1n) is 8.97. The summed E-state index contributed by atoms with van der Waals surface area (Å²) < 4.78 is 5.28. The van der Waals surface area contributed by atoms with E-state index in [2.05, 4.69) is 52.1 Å². The lowest BCUT2D eigenvalue weighted by molar-refractivity contribution is -0.114. The molecule has 0 radical (unpaired) electrons. The molecule has 2 aromatic carbocycles. The Morgan fingerprint density at radius 3 is 2.52 bits per heavy atom. The Balaban J connectivity index is 1.92. The predicted octanol–water partition coefficient (Wildman–Crippen LogP) is 3.12. The van der Waals surface area contributed by atoms with Crippen molar-refractivity contribution in [3.8, 4) is 5.75 Å². The van der Waals surface area contributed by atoms with Gasteiger partial charge in [-0.15, -0.1) is 0 Å². The van der Waals surface area contributed by atoms with E-state index in [1.807, 2.05) is 24.3 Å². The number of rotatable bonds is 7. The zero-order valence-corrected chi connectivity index (χ0v) is 16.4. The summed E-state index contributed by atoms with van der Waals surface area (Å²) in [4.78, 5) is 15.6. The van der Waals surface area contributed by atoms with Gasteiger partial charge >= 0.3 is 0 Å². The monoisotopic (exact) mass is 368 g/mol. The summed E-state index contributed by atoms with van der Waals surface area (Å²) in [6, 6.07) is 16.1. The standard InChI is InChI=1S/C21H28N4O2/c1-15(18-8-6-5-7-9-18)13-23-21(22-3)24-14-17-10-11-20(27-4)19(12-17)25-16(2)26/h5-12,15H,13-14H2,1-4H3,(H,25,26)(H2,22,23,24). The summed E-state index contributed by atoms with van der Waals surface area (Å²) in [6.07, 6.45) is 0. The fraction of sp³-hybridized carbons (Fsp3) is 0.333. The molecule has 27 heavy (non-hydrogen) atoms. The lowest BCUT2D eigenvalue weighted by Crippen LogP contribution is -2.38. The van der Waals surface area contributed by atoms with Crippen molar-refractivity contribution >= 4 is 17.6 Å². The van der Waals surface area contributed by atoms with Gasteiger partial charge in [-0.1, -0.05) is 43.3 Å². The lowest BCUT2D eigenvalue weighted by Gasteiger charge is -2.17. The lowest BCUT2D eigenvalue weighted by atomic mass is 10.0. The maximum absolute atomic E-state index is 11.4. The van der Waals surface area contributed by atoms with Gasteiger partial charge in [-0.25, -0.2) is 0 Å². The number of nitrogens with zero attached hydrogens (tertiary/aromatic N) is 1. The van der Waals surface area contributed by atoms with Crippen LogP contribution in [0.15, 0.2) is 53.5 Å². The minimum absolute atomic E-state index is 0.134. The number of carbonyl (C=O) groups is 1. The highest BCUT2D eigenvalue weighted by molar-refractivity contribution is 5.90. The van der Waals surface area contributed by atoms with E-state index in [9.17, 15) is 4.79 Å². The van der Waals surface area contributed by atoms with E-state index >= 15 is 0 Å². The molecule has 0 saturated carbocycles. The molecule has 0 aliphatic carbocycles. The van der Waals surface area contributed by atoms with E-state index in [0.717, 1.165) is 18.1 Å². The van der Waals surface area contributed by atoms with Crippen LogP contribution in [0, 0.1) is 0 Å². The summed E-state index contributed by atoms with van der Waals surface area (Å²) in [5, 5.41) is 9.43. The average Bonchev–Trinajstić information content (AvgIpc) is 2.68. The fourth-order valence-corrected chi connectivity index (χ4v) is 2.71. The third-order valence-corrected chi connectivity index (χ3v) is 4.20. The summed E-state index contributed by atoms with van der Waals surface area (Å²) in [5.41, 5.74) is 2.96. The van der Waals surface area contributed by atoms with E-state index in [4.69, 9.17) is 4.74 Å². The number of benzene rings is 2. The summed E-state index contributed by atoms with van der Waals surface area (Å²) in [6.45, 7) is 5.02. The second kappa shape index (κ2) is 10.2. The van der Waals surface area contributed by atoms with Gasteiger partial charge in [-0.3, -0.25) is 9.79 Å². The molecule has 1 unspecified atom stereocenters. The van der Waals surface area contributed by atoms with Gasteiger partial charge < -0.3 is 20.7 Å². The maximum atomic E-state index is 11.4. The fourth-order valence-electron chi connectivity index (χ4n) is 2.71. The van der Waals surface area contributed by atoms with E-state index in [0.29, 0.717) is 23.9 Å². The highest BCUT2D eigenvalue weighted by Crippen LogP contribution is 2.25. The van der Waals surface area contributed by atoms with Gasteiger partial charge in [0.1, 0.15) is 5.75 Å². The topological polar surface area (TPSA) is 74.8 Å². The van der Waals surface area contributed by atoms with Crippen LogP contribution in [0.2, 0.25) is 0 Å². The van der Waals surface area contributed by atoms with Crippen molar-refractivity contribution in [3.05, 3.63) is 59.7 Å².